The number of benzene rings is 1. The SMILES string of the molecule is CC.CNCc1c(C)c2ccc(Cl)c(Cl)c2n1CC=O. The first-order valence-electron chi connectivity index (χ1n) is 6.65. The standard InChI is InChI=1S/C13H14Cl2N2O.C2H6/c1-8-9-3-4-10(14)12(15)13(9)17(5-6-18)11(8)7-16-2;1-2/h3-4,6,16H,5,7H2,1-2H3;1-2H3. The average Bonchev–Trinajstić information content (AvgIpc) is 2.72. The summed E-state index contributed by atoms with van der Waals surface area (Å²) >= 11 is 12.3. The van der Waals surface area contributed by atoms with Crippen LogP contribution in [0.3, 0.4) is 0 Å². The predicted molar refractivity (Wildman–Crippen MR) is 86.9 cm³/mol. The molecular formula is C15H20Cl2N2O. The molecule has 0 unspecified atom stereocenters. The van der Waals surface area contributed by atoms with Gasteiger partial charge in [0.15, 0.2) is 0 Å². The number of halogens is 2. The molecule has 0 aliphatic heterocycles. The van der Waals surface area contributed by atoms with Gasteiger partial charge in [0, 0.05) is 17.6 Å². The topological polar surface area (TPSA) is 34.0 Å². The van der Waals surface area contributed by atoms with Gasteiger partial charge >= 0.3 is 0 Å². The highest BCUT2D eigenvalue weighted by atomic mass is 35.5. The van der Waals surface area contributed by atoms with E-state index in [-0.39, 0.29) is 6.54 Å². The van der Waals surface area contributed by atoms with Crippen molar-refractivity contribution >= 4 is 40.4 Å². The number of carbonyl (C=O) groups excluding carboxylic acids is 1. The quantitative estimate of drug-likeness (QED) is 0.858. The van der Waals surface area contributed by atoms with Crippen molar-refractivity contribution in [3.63, 3.8) is 0 Å². The monoisotopic (exact) mass is 314 g/mol. The van der Waals surface area contributed by atoms with Crippen LogP contribution < -0.4 is 5.32 Å². The van der Waals surface area contributed by atoms with E-state index >= 15 is 0 Å². The molecule has 0 atom stereocenters. The number of rotatable bonds is 4. The Hall–Kier alpha value is -1.03. The third-order valence-electron chi connectivity index (χ3n) is 3.10. The molecule has 0 aliphatic rings. The van der Waals surface area contributed by atoms with Crippen LogP contribution in [0.25, 0.3) is 10.9 Å². The maximum Gasteiger partial charge on any atom is 0.139 e. The van der Waals surface area contributed by atoms with E-state index in [4.69, 9.17) is 23.2 Å². The third-order valence-corrected chi connectivity index (χ3v) is 3.90. The first-order valence-corrected chi connectivity index (χ1v) is 7.41. The van der Waals surface area contributed by atoms with Gasteiger partial charge in [-0.2, -0.15) is 0 Å². The molecule has 2 aromatic rings. The molecule has 0 spiro atoms. The Balaban J connectivity index is 0.000000956. The zero-order valence-electron chi connectivity index (χ0n) is 12.3. The molecule has 1 aromatic heterocycles. The first-order chi connectivity index (χ1) is 9.61. The fourth-order valence-corrected chi connectivity index (χ4v) is 2.69. The van der Waals surface area contributed by atoms with Crippen molar-refractivity contribution in [3.8, 4) is 0 Å². The molecule has 0 bridgehead atoms. The van der Waals surface area contributed by atoms with Crippen molar-refractivity contribution in [1.82, 2.24) is 9.88 Å². The zero-order chi connectivity index (χ0) is 15.3. The molecule has 20 heavy (non-hydrogen) atoms. The van der Waals surface area contributed by atoms with E-state index in [1.165, 1.54) is 0 Å². The number of nitrogens with one attached hydrogen (secondary N) is 1. The smallest absolute Gasteiger partial charge is 0.139 e. The van der Waals surface area contributed by atoms with Crippen LogP contribution in [0.2, 0.25) is 10.0 Å². The molecule has 0 amide bonds. The van der Waals surface area contributed by atoms with Gasteiger partial charge in [0.25, 0.3) is 0 Å². The summed E-state index contributed by atoms with van der Waals surface area (Å²) in [5, 5.41) is 5.15. The van der Waals surface area contributed by atoms with Gasteiger partial charge in [0.2, 0.25) is 0 Å². The molecule has 0 aliphatic carbocycles. The molecule has 0 radical (unpaired) electrons. The number of aryl methyl sites for hydroxylation is 1. The Kier molecular flexibility index (Phi) is 6.53. The summed E-state index contributed by atoms with van der Waals surface area (Å²) < 4.78 is 1.92. The highest BCUT2D eigenvalue weighted by Crippen LogP contribution is 2.35. The number of nitrogens with zero attached hydrogens (tertiary/aromatic N) is 1. The average molecular weight is 315 g/mol. The molecule has 1 N–H and O–H groups in total. The second kappa shape index (κ2) is 7.67. The summed E-state index contributed by atoms with van der Waals surface area (Å²) in [6, 6.07) is 3.73. The first kappa shape index (κ1) is 17.0. The van der Waals surface area contributed by atoms with Crippen molar-refractivity contribution in [2.24, 2.45) is 0 Å². The van der Waals surface area contributed by atoms with Crippen LogP contribution in [-0.2, 0) is 17.9 Å². The minimum Gasteiger partial charge on any atom is -0.335 e. The fourth-order valence-electron chi connectivity index (χ4n) is 2.27. The second-order valence-corrected chi connectivity index (χ2v) is 4.92. The summed E-state index contributed by atoms with van der Waals surface area (Å²) in [5.74, 6) is 0. The maximum atomic E-state index is 10.9. The molecule has 0 saturated carbocycles. The van der Waals surface area contributed by atoms with Crippen LogP contribution in [0.4, 0.5) is 0 Å². The van der Waals surface area contributed by atoms with Gasteiger partial charge in [-0.15, -0.1) is 0 Å². The van der Waals surface area contributed by atoms with Crippen molar-refractivity contribution in [2.75, 3.05) is 7.05 Å². The molecule has 3 nitrogen and oxygen atoms in total. The number of aromatic nitrogens is 1. The number of aldehydes is 1. The van der Waals surface area contributed by atoms with Crippen LogP contribution in [-0.4, -0.2) is 17.9 Å². The van der Waals surface area contributed by atoms with E-state index in [0.29, 0.717) is 16.6 Å². The number of hydrogen-bond donors (Lipinski definition) is 1. The Morgan fingerprint density at radius 2 is 1.95 bits per heavy atom. The number of fused-ring (bicyclic) bond motifs is 1. The Morgan fingerprint density at radius 1 is 1.30 bits per heavy atom. The van der Waals surface area contributed by atoms with Crippen LogP contribution in [0.15, 0.2) is 12.1 Å². The molecule has 1 heterocycles. The molecule has 0 fully saturated rings. The highest BCUT2D eigenvalue weighted by molar-refractivity contribution is 6.45. The summed E-state index contributed by atoms with van der Waals surface area (Å²) in [5.41, 5.74) is 3.02. The van der Waals surface area contributed by atoms with E-state index < -0.39 is 0 Å². The second-order valence-electron chi connectivity index (χ2n) is 4.14. The van der Waals surface area contributed by atoms with Gasteiger partial charge in [-0.3, -0.25) is 0 Å². The van der Waals surface area contributed by atoms with E-state index in [1.54, 1.807) is 6.07 Å². The van der Waals surface area contributed by atoms with Crippen LogP contribution >= 0.6 is 23.2 Å². The lowest BCUT2D eigenvalue weighted by Crippen LogP contribution is -2.13. The largest absolute Gasteiger partial charge is 0.335 e. The molecule has 5 heteroatoms. The van der Waals surface area contributed by atoms with E-state index in [9.17, 15) is 4.79 Å². The van der Waals surface area contributed by atoms with Crippen molar-refractivity contribution < 1.29 is 4.79 Å². The third kappa shape index (κ3) is 3.00. The Morgan fingerprint density at radius 3 is 2.50 bits per heavy atom. The van der Waals surface area contributed by atoms with Gasteiger partial charge < -0.3 is 14.7 Å². The van der Waals surface area contributed by atoms with E-state index in [1.807, 2.05) is 38.5 Å². The van der Waals surface area contributed by atoms with Crippen LogP contribution in [0.1, 0.15) is 25.1 Å². The minimum absolute atomic E-state index is 0.279. The highest BCUT2D eigenvalue weighted by Gasteiger charge is 2.17. The van der Waals surface area contributed by atoms with Crippen molar-refractivity contribution in [3.05, 3.63) is 33.4 Å². The van der Waals surface area contributed by atoms with Gasteiger partial charge in [0.1, 0.15) is 6.29 Å². The summed E-state index contributed by atoms with van der Waals surface area (Å²) in [4.78, 5) is 10.9. The predicted octanol–water partition coefficient (Wildman–Crippen LogP) is 4.20. The van der Waals surface area contributed by atoms with Gasteiger partial charge in [-0.05, 0) is 25.6 Å². The molecule has 2 rings (SSSR count). The van der Waals surface area contributed by atoms with E-state index in [2.05, 4.69) is 5.32 Å². The Bertz CT molecular complexity index is 606. The van der Waals surface area contributed by atoms with Gasteiger partial charge in [0.05, 0.1) is 22.1 Å². The number of hydrogen-bond acceptors (Lipinski definition) is 2. The fraction of sp³-hybridized carbons (Fsp3) is 0.400. The van der Waals surface area contributed by atoms with Crippen molar-refractivity contribution in [2.45, 2.75) is 33.9 Å². The zero-order valence-corrected chi connectivity index (χ0v) is 13.8. The lowest BCUT2D eigenvalue weighted by molar-refractivity contribution is -0.108. The summed E-state index contributed by atoms with van der Waals surface area (Å²) in [6.07, 6.45) is 0.870. The van der Waals surface area contributed by atoms with Gasteiger partial charge in [-0.25, -0.2) is 0 Å². The molecule has 0 saturated heterocycles. The van der Waals surface area contributed by atoms with Crippen LogP contribution in [0, 0.1) is 6.92 Å². The van der Waals surface area contributed by atoms with E-state index in [0.717, 1.165) is 28.4 Å². The minimum atomic E-state index is 0.279. The molecule has 1 aromatic carbocycles. The maximum absolute atomic E-state index is 10.9. The van der Waals surface area contributed by atoms with Crippen LogP contribution in [0.5, 0.6) is 0 Å². The molecule has 110 valence electrons. The summed E-state index contributed by atoms with van der Waals surface area (Å²) in [7, 11) is 1.87. The Labute approximate surface area is 129 Å². The van der Waals surface area contributed by atoms with Crippen molar-refractivity contribution in [1.29, 1.82) is 0 Å². The van der Waals surface area contributed by atoms with Gasteiger partial charge in [-0.1, -0.05) is 43.1 Å². The normalized spacial score (nSPS) is 10.3. The number of carbonyl (C=O) groups is 1. The lowest BCUT2D eigenvalue weighted by Gasteiger charge is -2.08. The lowest BCUT2D eigenvalue weighted by atomic mass is 10.1. The summed E-state index contributed by atoms with van der Waals surface area (Å²) in [6.45, 7) is 6.99. The molecular weight excluding hydrogens is 295 g/mol.